The Morgan fingerprint density at radius 1 is 1.09 bits per heavy atom. The van der Waals surface area contributed by atoms with E-state index in [4.69, 9.17) is 16.3 Å². The summed E-state index contributed by atoms with van der Waals surface area (Å²) in [5.41, 5.74) is 1.74. The number of benzene rings is 2. The molecule has 1 atom stereocenters. The van der Waals surface area contributed by atoms with Crippen LogP contribution < -0.4 is 4.74 Å². The molecule has 4 rings (SSSR count). The molecule has 2 aromatic carbocycles. The van der Waals surface area contributed by atoms with Crippen molar-refractivity contribution < 1.29 is 22.7 Å². The highest BCUT2D eigenvalue weighted by molar-refractivity contribution is 6.30. The summed E-state index contributed by atoms with van der Waals surface area (Å²) in [5, 5.41) is 4.18. The van der Waals surface area contributed by atoms with Crippen LogP contribution >= 0.6 is 11.6 Å². The fraction of sp³-hybridized carbons (Fsp3) is 0.200. The van der Waals surface area contributed by atoms with Crippen LogP contribution in [0.4, 0.5) is 13.2 Å². The van der Waals surface area contributed by atoms with E-state index in [1.807, 2.05) is 30.3 Å². The molecule has 1 aromatic heterocycles. The monoisotopic (exact) mass is 474 g/mol. The van der Waals surface area contributed by atoms with Crippen LogP contribution in [0.5, 0.6) is 5.75 Å². The minimum atomic E-state index is -4.57. The summed E-state index contributed by atoms with van der Waals surface area (Å²) in [4.78, 5) is 10.8. The zero-order valence-corrected chi connectivity index (χ0v) is 17.5. The maximum atomic E-state index is 13.3. The third kappa shape index (κ3) is 5.54. The third-order valence-corrected chi connectivity index (χ3v) is 5.47. The van der Waals surface area contributed by atoms with E-state index >= 15 is 0 Å². The number of hydrogen-bond donors (Lipinski definition) is 0. The molecule has 0 N–H and O–H groups in total. The molecule has 3 aromatic rings. The predicted molar refractivity (Wildman–Crippen MR) is 122 cm³/mol. The molecular weight excluding hydrogens is 453 g/mol. The number of allylic oxidation sites excluding steroid dienone is 4. The van der Waals surface area contributed by atoms with Gasteiger partial charge in [0, 0.05) is 10.6 Å². The van der Waals surface area contributed by atoms with Gasteiger partial charge in [-0.2, -0.15) is 18.3 Å². The molecule has 0 radical (unpaired) electrons. The van der Waals surface area contributed by atoms with Crippen LogP contribution in [0, 0.1) is 0 Å². The molecule has 1 unspecified atom stereocenters. The highest BCUT2D eigenvalue weighted by Crippen LogP contribution is 2.34. The van der Waals surface area contributed by atoms with E-state index in [0.29, 0.717) is 22.8 Å². The number of ether oxygens (including phenoxy) is 1. The number of rotatable bonds is 6. The molecule has 0 fully saturated rings. The Morgan fingerprint density at radius 2 is 1.73 bits per heavy atom. The lowest BCUT2D eigenvalue weighted by atomic mass is 10.0. The van der Waals surface area contributed by atoms with Crippen molar-refractivity contribution in [3.63, 3.8) is 0 Å². The first-order valence-electron chi connectivity index (χ1n) is 9.81. The SMILES string of the molecule is C.O=Cc1ccc(-c2ccc(OCc3cc(C(F)(F)F)nn3C3CC=CC=C3Cl)cc2)cc1. The molecule has 0 aliphatic heterocycles. The second-order valence-corrected chi connectivity index (χ2v) is 7.68. The summed E-state index contributed by atoms with van der Waals surface area (Å²) in [5.74, 6) is 0.504. The number of hydrogen-bond acceptors (Lipinski definition) is 3. The van der Waals surface area contributed by atoms with Crippen LogP contribution in [0.1, 0.15) is 41.6 Å². The zero-order valence-electron chi connectivity index (χ0n) is 16.7. The maximum Gasteiger partial charge on any atom is 0.435 e. The third-order valence-electron chi connectivity index (χ3n) is 5.09. The number of carbonyl (C=O) groups excluding carboxylic acids is 1. The van der Waals surface area contributed by atoms with Crippen molar-refractivity contribution in [2.24, 2.45) is 0 Å². The minimum absolute atomic E-state index is 0. The minimum Gasteiger partial charge on any atom is -0.487 e. The number of aromatic nitrogens is 2. The summed E-state index contributed by atoms with van der Waals surface area (Å²) in [6.07, 6.45) is 1.90. The van der Waals surface area contributed by atoms with E-state index in [9.17, 15) is 18.0 Å². The Balaban J connectivity index is 0.00000306. The van der Waals surface area contributed by atoms with Gasteiger partial charge in [-0.3, -0.25) is 9.48 Å². The molecule has 1 heterocycles. The van der Waals surface area contributed by atoms with Gasteiger partial charge < -0.3 is 4.74 Å². The molecule has 172 valence electrons. The van der Waals surface area contributed by atoms with E-state index < -0.39 is 17.9 Å². The van der Waals surface area contributed by atoms with Crippen molar-refractivity contribution in [3.8, 4) is 16.9 Å². The molecular formula is C25H22ClF3N2O2. The smallest absolute Gasteiger partial charge is 0.435 e. The van der Waals surface area contributed by atoms with Gasteiger partial charge in [-0.1, -0.05) is 67.6 Å². The molecule has 0 saturated heterocycles. The summed E-state index contributed by atoms with van der Waals surface area (Å²) >= 11 is 6.23. The van der Waals surface area contributed by atoms with E-state index in [-0.39, 0.29) is 19.7 Å². The van der Waals surface area contributed by atoms with Crippen LogP contribution in [0.25, 0.3) is 11.1 Å². The highest BCUT2D eigenvalue weighted by atomic mass is 35.5. The second-order valence-electron chi connectivity index (χ2n) is 7.25. The van der Waals surface area contributed by atoms with Crippen LogP contribution in [-0.2, 0) is 12.8 Å². The molecule has 0 saturated carbocycles. The quantitative estimate of drug-likeness (QED) is 0.354. The molecule has 33 heavy (non-hydrogen) atoms. The number of alkyl halides is 3. The summed E-state index contributed by atoms with van der Waals surface area (Å²) < 4.78 is 46.8. The molecule has 4 nitrogen and oxygen atoms in total. The topological polar surface area (TPSA) is 44.1 Å². The Bertz CT molecular complexity index is 1160. The van der Waals surface area contributed by atoms with Crippen molar-refractivity contribution in [1.82, 2.24) is 9.78 Å². The first-order chi connectivity index (χ1) is 15.3. The van der Waals surface area contributed by atoms with Crippen molar-refractivity contribution in [3.05, 3.63) is 94.8 Å². The van der Waals surface area contributed by atoms with E-state index in [1.54, 1.807) is 36.4 Å². The lowest BCUT2D eigenvalue weighted by Gasteiger charge is -2.20. The predicted octanol–water partition coefficient (Wildman–Crippen LogP) is 7.22. The van der Waals surface area contributed by atoms with Gasteiger partial charge in [0.05, 0.1) is 11.7 Å². The number of nitrogens with zero attached hydrogens (tertiary/aromatic N) is 2. The Labute approximate surface area is 194 Å². The second kappa shape index (κ2) is 10.1. The number of aldehydes is 1. The summed E-state index contributed by atoms with van der Waals surface area (Å²) in [6, 6.07) is 14.8. The molecule has 0 spiro atoms. The average molecular weight is 475 g/mol. The molecule has 0 bridgehead atoms. The van der Waals surface area contributed by atoms with Crippen LogP contribution in [0.3, 0.4) is 0 Å². The van der Waals surface area contributed by atoms with Crippen molar-refractivity contribution in [1.29, 1.82) is 0 Å². The largest absolute Gasteiger partial charge is 0.487 e. The Hall–Kier alpha value is -3.32. The van der Waals surface area contributed by atoms with Gasteiger partial charge in [0.2, 0.25) is 0 Å². The van der Waals surface area contributed by atoms with Gasteiger partial charge in [0.1, 0.15) is 18.6 Å². The van der Waals surface area contributed by atoms with Crippen molar-refractivity contribution in [2.75, 3.05) is 0 Å². The fourth-order valence-electron chi connectivity index (χ4n) is 3.41. The van der Waals surface area contributed by atoms with E-state index in [2.05, 4.69) is 5.10 Å². The van der Waals surface area contributed by atoms with Gasteiger partial charge in [-0.05, 0) is 41.8 Å². The lowest BCUT2D eigenvalue weighted by Crippen LogP contribution is -2.17. The van der Waals surface area contributed by atoms with Gasteiger partial charge in [0.25, 0.3) is 0 Å². The lowest BCUT2D eigenvalue weighted by molar-refractivity contribution is -0.141. The standard InChI is InChI=1S/C24H18ClF3N2O2.CH4/c25-21-3-1-2-4-22(21)30-19(13-23(29-30)24(26,27)28)15-32-20-11-9-18(10-12-20)17-7-5-16(14-31)6-8-17;/h1-3,5-14,22H,4,15H2;1H4. The van der Waals surface area contributed by atoms with Gasteiger partial charge in [-0.25, -0.2) is 0 Å². The van der Waals surface area contributed by atoms with E-state index in [0.717, 1.165) is 23.5 Å². The van der Waals surface area contributed by atoms with Crippen molar-refractivity contribution >= 4 is 17.9 Å². The summed E-state index contributed by atoms with van der Waals surface area (Å²) in [7, 11) is 0. The molecule has 1 aliphatic rings. The van der Waals surface area contributed by atoms with Crippen LogP contribution in [0.15, 0.2) is 77.9 Å². The zero-order chi connectivity index (χ0) is 22.7. The normalized spacial score (nSPS) is 15.5. The van der Waals surface area contributed by atoms with Crippen molar-refractivity contribution in [2.45, 2.75) is 32.7 Å². The van der Waals surface area contributed by atoms with Gasteiger partial charge in [-0.15, -0.1) is 0 Å². The molecule has 8 heteroatoms. The Morgan fingerprint density at radius 3 is 2.30 bits per heavy atom. The Kier molecular flexibility index (Phi) is 7.43. The van der Waals surface area contributed by atoms with Crippen LogP contribution in [-0.4, -0.2) is 16.1 Å². The first-order valence-corrected chi connectivity index (χ1v) is 10.2. The summed E-state index contributed by atoms with van der Waals surface area (Å²) in [6.45, 7) is -0.0964. The first kappa shape index (κ1) is 24.3. The fourth-order valence-corrected chi connectivity index (χ4v) is 3.67. The number of halogens is 4. The maximum absolute atomic E-state index is 13.3. The molecule has 1 aliphatic carbocycles. The van der Waals surface area contributed by atoms with Gasteiger partial charge >= 0.3 is 6.18 Å². The van der Waals surface area contributed by atoms with E-state index in [1.165, 1.54) is 4.68 Å². The highest BCUT2D eigenvalue weighted by Gasteiger charge is 2.36. The van der Waals surface area contributed by atoms with Crippen LogP contribution in [0.2, 0.25) is 0 Å². The average Bonchev–Trinajstić information content (AvgIpc) is 3.23. The number of carbonyl (C=O) groups is 1. The van der Waals surface area contributed by atoms with Gasteiger partial charge in [0.15, 0.2) is 5.69 Å². The molecule has 0 amide bonds.